The molecule has 80 valence electrons. The predicted octanol–water partition coefficient (Wildman–Crippen LogP) is 4.06. The summed E-state index contributed by atoms with van der Waals surface area (Å²) in [6.45, 7) is 0. The maximum atomic E-state index is 12.3. The molecule has 0 spiro atoms. The molecule has 2 heteroatoms. The van der Waals surface area contributed by atoms with Gasteiger partial charge in [0.2, 0.25) is 0 Å². The molecule has 0 radical (unpaired) electrons. The van der Waals surface area contributed by atoms with Gasteiger partial charge in [0, 0.05) is 21.6 Å². The molecule has 0 bridgehead atoms. The maximum absolute atomic E-state index is 12.3. The van der Waals surface area contributed by atoms with Crippen molar-refractivity contribution in [1.29, 1.82) is 0 Å². The highest BCUT2D eigenvalue weighted by molar-refractivity contribution is 7.14. The fourth-order valence-corrected chi connectivity index (χ4v) is 3.46. The second-order valence-electron chi connectivity index (χ2n) is 4.21. The minimum Gasteiger partial charge on any atom is -0.289 e. The average molecular weight is 236 g/mol. The molecular formula is C15H8OS. The van der Waals surface area contributed by atoms with E-state index in [1.165, 1.54) is 0 Å². The predicted molar refractivity (Wildman–Crippen MR) is 69.8 cm³/mol. The van der Waals surface area contributed by atoms with E-state index < -0.39 is 0 Å². The van der Waals surface area contributed by atoms with E-state index in [2.05, 4.69) is 12.1 Å². The van der Waals surface area contributed by atoms with Gasteiger partial charge in [0.15, 0.2) is 5.78 Å². The number of hydrogen-bond acceptors (Lipinski definition) is 2. The summed E-state index contributed by atoms with van der Waals surface area (Å²) in [6.07, 6.45) is 0. The van der Waals surface area contributed by atoms with Crippen LogP contribution >= 0.6 is 11.3 Å². The largest absolute Gasteiger partial charge is 0.289 e. The molecule has 4 rings (SSSR count). The molecule has 0 N–H and O–H groups in total. The number of carbonyl (C=O) groups is 1. The monoisotopic (exact) mass is 236 g/mol. The van der Waals surface area contributed by atoms with Crippen molar-refractivity contribution >= 4 is 17.1 Å². The van der Waals surface area contributed by atoms with Crippen LogP contribution in [-0.2, 0) is 0 Å². The van der Waals surface area contributed by atoms with Crippen molar-refractivity contribution in [3.05, 3.63) is 59.0 Å². The summed E-state index contributed by atoms with van der Waals surface area (Å²) >= 11 is 1.65. The van der Waals surface area contributed by atoms with Crippen LogP contribution in [0.4, 0.5) is 0 Å². The van der Waals surface area contributed by atoms with E-state index in [1.807, 2.05) is 35.7 Å². The van der Waals surface area contributed by atoms with Crippen LogP contribution in [0.2, 0.25) is 0 Å². The maximum Gasteiger partial charge on any atom is 0.195 e. The number of ketones is 1. The summed E-state index contributed by atoms with van der Waals surface area (Å²) in [7, 11) is 0. The number of rotatable bonds is 0. The van der Waals surface area contributed by atoms with E-state index in [-0.39, 0.29) is 5.78 Å². The highest BCUT2D eigenvalue weighted by Gasteiger charge is 2.32. The van der Waals surface area contributed by atoms with Gasteiger partial charge in [-0.05, 0) is 28.6 Å². The van der Waals surface area contributed by atoms with E-state index in [0.29, 0.717) is 0 Å². The van der Waals surface area contributed by atoms with Crippen molar-refractivity contribution in [2.24, 2.45) is 0 Å². The van der Waals surface area contributed by atoms with Gasteiger partial charge in [0.05, 0.1) is 0 Å². The fourth-order valence-electron chi connectivity index (χ4n) is 2.54. The van der Waals surface area contributed by atoms with Crippen LogP contribution in [0.25, 0.3) is 21.6 Å². The lowest BCUT2D eigenvalue weighted by Crippen LogP contribution is -1.94. The van der Waals surface area contributed by atoms with Gasteiger partial charge in [-0.3, -0.25) is 4.79 Å². The molecule has 1 aromatic rings. The van der Waals surface area contributed by atoms with Gasteiger partial charge in [-0.1, -0.05) is 30.3 Å². The van der Waals surface area contributed by atoms with Crippen LogP contribution in [0.5, 0.6) is 0 Å². The van der Waals surface area contributed by atoms with Gasteiger partial charge in [-0.2, -0.15) is 0 Å². The molecule has 3 aliphatic rings. The van der Waals surface area contributed by atoms with Gasteiger partial charge in [0.1, 0.15) is 0 Å². The Kier molecular flexibility index (Phi) is 1.64. The van der Waals surface area contributed by atoms with Crippen LogP contribution in [0.1, 0.15) is 15.9 Å². The number of thiophene rings is 1. The summed E-state index contributed by atoms with van der Waals surface area (Å²) in [5.41, 5.74) is 5.08. The van der Waals surface area contributed by atoms with Gasteiger partial charge in [0.25, 0.3) is 0 Å². The SMILES string of the molecule is O=C1c2ccsc2-c2cc3cccccc-3c21. The molecule has 0 aliphatic heterocycles. The van der Waals surface area contributed by atoms with Crippen LogP contribution in [0.15, 0.2) is 47.8 Å². The second kappa shape index (κ2) is 3.05. The quantitative estimate of drug-likeness (QED) is 0.450. The summed E-state index contributed by atoms with van der Waals surface area (Å²) in [5.74, 6) is 0.178. The first-order valence-corrected chi connectivity index (χ1v) is 6.38. The first-order chi connectivity index (χ1) is 8.36. The molecule has 0 saturated carbocycles. The average Bonchev–Trinajstić information content (AvgIpc) is 2.93. The molecule has 0 amide bonds. The Balaban J connectivity index is 2.16. The lowest BCUT2D eigenvalue weighted by Gasteiger charge is -1.96. The molecule has 0 atom stereocenters. The third kappa shape index (κ3) is 1.06. The van der Waals surface area contributed by atoms with Crippen LogP contribution in [-0.4, -0.2) is 5.78 Å². The third-order valence-corrected chi connectivity index (χ3v) is 4.24. The van der Waals surface area contributed by atoms with Crippen LogP contribution < -0.4 is 0 Å². The Bertz CT molecular complexity index is 724. The summed E-state index contributed by atoms with van der Waals surface area (Å²) < 4.78 is 0. The lowest BCUT2D eigenvalue weighted by molar-refractivity contribution is 0.104. The van der Waals surface area contributed by atoms with E-state index in [0.717, 1.165) is 32.7 Å². The Morgan fingerprint density at radius 2 is 1.76 bits per heavy atom. The number of hydrogen-bond donors (Lipinski definition) is 0. The first kappa shape index (κ1) is 9.14. The van der Waals surface area contributed by atoms with Gasteiger partial charge < -0.3 is 0 Å². The fraction of sp³-hybridized carbons (Fsp3) is 0. The van der Waals surface area contributed by atoms with E-state index in [9.17, 15) is 4.79 Å². The summed E-state index contributed by atoms with van der Waals surface area (Å²) in [4.78, 5) is 13.5. The zero-order chi connectivity index (χ0) is 11.4. The van der Waals surface area contributed by atoms with Crippen LogP contribution in [0.3, 0.4) is 0 Å². The molecule has 1 heterocycles. The molecule has 1 aromatic heterocycles. The Morgan fingerprint density at radius 1 is 0.882 bits per heavy atom. The number of carbonyl (C=O) groups excluding carboxylic acids is 1. The van der Waals surface area contributed by atoms with Crippen molar-refractivity contribution < 1.29 is 4.79 Å². The minimum absolute atomic E-state index is 0.178. The Labute approximate surface area is 103 Å². The van der Waals surface area contributed by atoms with Crippen molar-refractivity contribution in [3.63, 3.8) is 0 Å². The lowest BCUT2D eigenvalue weighted by atomic mass is 10.1. The highest BCUT2D eigenvalue weighted by Crippen LogP contribution is 2.47. The van der Waals surface area contributed by atoms with Gasteiger partial charge in [-0.15, -0.1) is 11.3 Å². The molecule has 0 fully saturated rings. The smallest absolute Gasteiger partial charge is 0.195 e. The summed E-state index contributed by atoms with van der Waals surface area (Å²) in [5, 5.41) is 1.99. The van der Waals surface area contributed by atoms with Gasteiger partial charge in [-0.25, -0.2) is 0 Å². The Morgan fingerprint density at radius 3 is 2.71 bits per heavy atom. The van der Waals surface area contributed by atoms with Crippen molar-refractivity contribution in [1.82, 2.24) is 0 Å². The zero-order valence-corrected chi connectivity index (χ0v) is 9.75. The molecule has 0 aromatic carbocycles. The molecule has 0 unspecified atom stereocenters. The van der Waals surface area contributed by atoms with Crippen molar-refractivity contribution in [2.75, 3.05) is 0 Å². The topological polar surface area (TPSA) is 17.1 Å². The normalized spacial score (nSPS) is 12.8. The zero-order valence-electron chi connectivity index (χ0n) is 8.94. The summed E-state index contributed by atoms with van der Waals surface area (Å²) in [6, 6.07) is 14.1. The Hall–Kier alpha value is -1.93. The molecule has 3 aliphatic carbocycles. The van der Waals surface area contributed by atoms with E-state index in [4.69, 9.17) is 0 Å². The third-order valence-electron chi connectivity index (χ3n) is 3.29. The molecule has 1 nitrogen and oxygen atoms in total. The molecule has 0 saturated heterocycles. The molecular weight excluding hydrogens is 228 g/mol. The number of fused-ring (bicyclic) bond motifs is 5. The molecule has 17 heavy (non-hydrogen) atoms. The van der Waals surface area contributed by atoms with Crippen molar-refractivity contribution in [2.45, 2.75) is 0 Å². The minimum atomic E-state index is 0.178. The van der Waals surface area contributed by atoms with Gasteiger partial charge >= 0.3 is 0 Å². The standard InChI is InChI=1S/C15H8OS/c16-14-11-6-7-17-15(11)12-8-9-4-2-1-3-5-10(9)13(12)14/h1-8H. The van der Waals surface area contributed by atoms with E-state index in [1.54, 1.807) is 11.3 Å². The van der Waals surface area contributed by atoms with E-state index >= 15 is 0 Å². The second-order valence-corrected chi connectivity index (χ2v) is 5.12. The highest BCUT2D eigenvalue weighted by atomic mass is 32.1. The van der Waals surface area contributed by atoms with Crippen molar-refractivity contribution in [3.8, 4) is 21.6 Å². The van der Waals surface area contributed by atoms with Crippen LogP contribution in [0, 0.1) is 0 Å². The first-order valence-electron chi connectivity index (χ1n) is 5.50.